The Hall–Kier alpha value is -1.52. The number of carboxylic acid groups (broad SMARTS) is 1. The monoisotopic (exact) mass is 158 g/mol. The first-order valence-corrected chi connectivity index (χ1v) is 2.97. The van der Waals surface area contributed by atoms with E-state index in [0.717, 1.165) is 0 Å². The summed E-state index contributed by atoms with van der Waals surface area (Å²) < 4.78 is 0. The average Bonchev–Trinajstić information content (AvgIpc) is 1.86. The molecule has 0 saturated carbocycles. The fourth-order valence-electron chi connectivity index (χ4n) is 0.392. The number of nitrogens with two attached hydrogens (primary N) is 1. The van der Waals surface area contributed by atoms with Gasteiger partial charge in [0, 0.05) is 12.1 Å². The highest BCUT2D eigenvalue weighted by molar-refractivity contribution is 5.85. The molecule has 5 nitrogen and oxygen atoms in total. The summed E-state index contributed by atoms with van der Waals surface area (Å²) in [6.45, 7) is 1.58. The number of amides is 2. The maximum absolute atomic E-state index is 10.2. The molecular formula is C6H10N2O3. The minimum atomic E-state index is -1.00. The Morgan fingerprint density at radius 2 is 2.18 bits per heavy atom. The molecule has 0 fully saturated rings. The fraction of sp³-hybridized carbons (Fsp3) is 0.333. The average molecular weight is 158 g/mol. The van der Waals surface area contributed by atoms with Gasteiger partial charge in [0.05, 0.1) is 0 Å². The van der Waals surface area contributed by atoms with Crippen molar-refractivity contribution < 1.29 is 14.7 Å². The Morgan fingerprint density at radius 1 is 1.64 bits per heavy atom. The van der Waals surface area contributed by atoms with Crippen LogP contribution in [-0.4, -0.2) is 23.7 Å². The normalized spacial score (nSPS) is 10.8. The highest BCUT2D eigenvalue weighted by Gasteiger charge is 1.97. The highest BCUT2D eigenvalue weighted by atomic mass is 16.4. The number of carbonyl (C=O) groups is 2. The van der Waals surface area contributed by atoms with E-state index in [2.05, 4.69) is 5.32 Å². The molecule has 0 spiro atoms. The first-order chi connectivity index (χ1) is 5.04. The van der Waals surface area contributed by atoms with Crippen LogP contribution in [0.3, 0.4) is 0 Å². The van der Waals surface area contributed by atoms with Gasteiger partial charge in [0.2, 0.25) is 0 Å². The Bertz CT molecular complexity index is 198. The van der Waals surface area contributed by atoms with Crippen LogP contribution in [0.2, 0.25) is 0 Å². The van der Waals surface area contributed by atoms with Gasteiger partial charge in [0.1, 0.15) is 0 Å². The van der Waals surface area contributed by atoms with Crippen LogP contribution in [0.1, 0.15) is 6.92 Å². The molecule has 5 heteroatoms. The van der Waals surface area contributed by atoms with Crippen molar-refractivity contribution in [2.45, 2.75) is 6.92 Å². The van der Waals surface area contributed by atoms with E-state index in [4.69, 9.17) is 10.8 Å². The molecule has 11 heavy (non-hydrogen) atoms. The maximum Gasteiger partial charge on any atom is 0.331 e. The van der Waals surface area contributed by atoms with E-state index in [1.165, 1.54) is 13.0 Å². The fourth-order valence-corrected chi connectivity index (χ4v) is 0.392. The van der Waals surface area contributed by atoms with Crippen molar-refractivity contribution in [2.24, 2.45) is 5.73 Å². The van der Waals surface area contributed by atoms with Crippen molar-refractivity contribution in [3.8, 4) is 0 Å². The van der Waals surface area contributed by atoms with Gasteiger partial charge in [0.15, 0.2) is 0 Å². The quantitative estimate of drug-likeness (QED) is 0.491. The van der Waals surface area contributed by atoms with Gasteiger partial charge in [0.25, 0.3) is 0 Å². The summed E-state index contributed by atoms with van der Waals surface area (Å²) in [5.41, 5.74) is 4.91. The summed E-state index contributed by atoms with van der Waals surface area (Å²) in [6, 6.07) is -0.667. The SMILES string of the molecule is CC(=CCNC(N)=O)C(=O)O. The van der Waals surface area contributed by atoms with Crippen molar-refractivity contribution in [2.75, 3.05) is 6.54 Å². The van der Waals surface area contributed by atoms with E-state index in [-0.39, 0.29) is 12.1 Å². The van der Waals surface area contributed by atoms with Gasteiger partial charge in [-0.05, 0) is 6.92 Å². The second-order valence-electron chi connectivity index (χ2n) is 1.94. The van der Waals surface area contributed by atoms with Crippen LogP contribution < -0.4 is 11.1 Å². The van der Waals surface area contributed by atoms with Gasteiger partial charge >= 0.3 is 12.0 Å². The van der Waals surface area contributed by atoms with Crippen LogP contribution in [0.4, 0.5) is 4.79 Å². The van der Waals surface area contributed by atoms with Crippen LogP contribution in [-0.2, 0) is 4.79 Å². The van der Waals surface area contributed by atoms with Gasteiger partial charge in [-0.15, -0.1) is 0 Å². The third kappa shape index (κ3) is 4.95. The molecule has 0 unspecified atom stereocenters. The Kier molecular flexibility index (Phi) is 3.72. The summed E-state index contributed by atoms with van der Waals surface area (Å²) in [5.74, 6) is -1.00. The molecule has 0 aliphatic heterocycles. The number of urea groups is 1. The van der Waals surface area contributed by atoms with E-state index in [9.17, 15) is 9.59 Å². The molecule has 0 atom stereocenters. The number of hydrogen-bond donors (Lipinski definition) is 3. The molecule has 2 amide bonds. The zero-order valence-corrected chi connectivity index (χ0v) is 6.13. The molecule has 0 aromatic rings. The molecular weight excluding hydrogens is 148 g/mol. The lowest BCUT2D eigenvalue weighted by Crippen LogP contribution is -2.29. The van der Waals surface area contributed by atoms with Crippen molar-refractivity contribution in [3.05, 3.63) is 11.6 Å². The Balaban J connectivity index is 3.74. The second-order valence-corrected chi connectivity index (χ2v) is 1.94. The summed E-state index contributed by atoms with van der Waals surface area (Å²) in [6.07, 6.45) is 1.37. The number of nitrogens with one attached hydrogen (secondary N) is 1. The predicted octanol–water partition coefficient (Wildman–Crippen LogP) is -0.314. The molecule has 0 aromatic carbocycles. The van der Waals surface area contributed by atoms with Crippen molar-refractivity contribution >= 4 is 12.0 Å². The molecule has 0 saturated heterocycles. The van der Waals surface area contributed by atoms with Crippen LogP contribution in [0.5, 0.6) is 0 Å². The summed E-state index contributed by atoms with van der Waals surface area (Å²) in [7, 11) is 0. The molecule has 0 aromatic heterocycles. The first-order valence-electron chi connectivity index (χ1n) is 2.97. The lowest BCUT2D eigenvalue weighted by molar-refractivity contribution is -0.132. The standard InChI is InChI=1S/C6H10N2O3/c1-4(5(9)10)2-3-8-6(7)11/h2H,3H2,1H3,(H,9,10)(H3,7,8,11). The van der Waals surface area contributed by atoms with Crippen LogP contribution in [0.15, 0.2) is 11.6 Å². The molecule has 0 aliphatic carbocycles. The maximum atomic E-state index is 10.2. The van der Waals surface area contributed by atoms with Gasteiger partial charge < -0.3 is 16.2 Å². The van der Waals surface area contributed by atoms with Crippen molar-refractivity contribution in [1.82, 2.24) is 5.32 Å². The van der Waals surface area contributed by atoms with E-state index >= 15 is 0 Å². The van der Waals surface area contributed by atoms with E-state index in [1.54, 1.807) is 0 Å². The smallest absolute Gasteiger partial charge is 0.331 e. The van der Waals surface area contributed by atoms with Crippen LogP contribution in [0, 0.1) is 0 Å². The topological polar surface area (TPSA) is 92.4 Å². The van der Waals surface area contributed by atoms with E-state index < -0.39 is 12.0 Å². The molecule has 62 valence electrons. The molecule has 0 radical (unpaired) electrons. The molecule has 4 N–H and O–H groups in total. The molecule has 0 rings (SSSR count). The second kappa shape index (κ2) is 4.32. The zero-order chi connectivity index (χ0) is 8.85. The minimum Gasteiger partial charge on any atom is -0.478 e. The number of hydrogen-bond acceptors (Lipinski definition) is 2. The predicted molar refractivity (Wildman–Crippen MR) is 39.0 cm³/mol. The third-order valence-electron chi connectivity index (χ3n) is 1.02. The van der Waals surface area contributed by atoms with Gasteiger partial charge in [-0.2, -0.15) is 0 Å². The van der Waals surface area contributed by atoms with Crippen LogP contribution in [0.25, 0.3) is 0 Å². The van der Waals surface area contributed by atoms with E-state index in [1.807, 2.05) is 0 Å². The number of rotatable bonds is 3. The molecule has 0 bridgehead atoms. The third-order valence-corrected chi connectivity index (χ3v) is 1.02. The first kappa shape index (κ1) is 9.48. The van der Waals surface area contributed by atoms with Gasteiger partial charge in [-0.1, -0.05) is 6.08 Å². The summed E-state index contributed by atoms with van der Waals surface area (Å²) in [4.78, 5) is 20.2. The number of carboxylic acids is 1. The largest absolute Gasteiger partial charge is 0.478 e. The lowest BCUT2D eigenvalue weighted by atomic mass is 10.3. The molecule has 0 aliphatic rings. The summed E-state index contributed by atoms with van der Waals surface area (Å²) >= 11 is 0. The van der Waals surface area contributed by atoms with Crippen molar-refractivity contribution in [3.63, 3.8) is 0 Å². The van der Waals surface area contributed by atoms with Gasteiger partial charge in [-0.25, -0.2) is 9.59 Å². The number of primary amides is 1. The van der Waals surface area contributed by atoms with Gasteiger partial charge in [-0.3, -0.25) is 0 Å². The highest BCUT2D eigenvalue weighted by Crippen LogP contribution is 1.88. The Morgan fingerprint density at radius 3 is 2.55 bits per heavy atom. The van der Waals surface area contributed by atoms with E-state index in [0.29, 0.717) is 0 Å². The zero-order valence-electron chi connectivity index (χ0n) is 6.13. The lowest BCUT2D eigenvalue weighted by Gasteiger charge is -1.95. The minimum absolute atomic E-state index is 0.146. The number of aliphatic carboxylic acids is 1. The Labute approximate surface area is 63.9 Å². The molecule has 0 heterocycles. The van der Waals surface area contributed by atoms with Crippen molar-refractivity contribution in [1.29, 1.82) is 0 Å². The number of carbonyl (C=O) groups excluding carboxylic acids is 1. The summed E-state index contributed by atoms with van der Waals surface area (Å²) in [5, 5.41) is 10.6. The van der Waals surface area contributed by atoms with Crippen LogP contribution >= 0.6 is 0 Å².